The number of hydrogen-bond acceptors (Lipinski definition) is 4. The average molecular weight is 338 g/mol. The molecule has 2 heterocycles. The SMILES string of the molecule is O=C(NCc1ccc(N2CCCC2)cc1)c1ccc2c(c1)OCCO2. The maximum Gasteiger partial charge on any atom is 0.251 e. The van der Waals surface area contributed by atoms with Crippen LogP contribution in [0.3, 0.4) is 0 Å². The lowest BCUT2D eigenvalue weighted by molar-refractivity contribution is 0.0949. The van der Waals surface area contributed by atoms with Gasteiger partial charge in [0.05, 0.1) is 0 Å². The molecule has 0 aliphatic carbocycles. The van der Waals surface area contributed by atoms with E-state index in [2.05, 4.69) is 34.5 Å². The minimum absolute atomic E-state index is 0.111. The van der Waals surface area contributed by atoms with Gasteiger partial charge in [0.1, 0.15) is 13.2 Å². The van der Waals surface area contributed by atoms with Gasteiger partial charge in [-0.05, 0) is 48.7 Å². The third-order valence-electron chi connectivity index (χ3n) is 4.66. The van der Waals surface area contributed by atoms with E-state index in [0.29, 0.717) is 36.8 Å². The van der Waals surface area contributed by atoms with Crippen LogP contribution in [0.5, 0.6) is 11.5 Å². The molecule has 0 spiro atoms. The molecule has 0 bridgehead atoms. The highest BCUT2D eigenvalue weighted by molar-refractivity contribution is 5.94. The molecule has 2 aliphatic rings. The number of fused-ring (bicyclic) bond motifs is 1. The number of nitrogens with one attached hydrogen (secondary N) is 1. The van der Waals surface area contributed by atoms with E-state index in [0.717, 1.165) is 18.7 Å². The number of anilines is 1. The summed E-state index contributed by atoms with van der Waals surface area (Å²) in [5, 5.41) is 2.96. The maximum atomic E-state index is 12.4. The molecule has 5 heteroatoms. The van der Waals surface area contributed by atoms with Crippen LogP contribution in [-0.2, 0) is 6.54 Å². The second-order valence-electron chi connectivity index (χ2n) is 6.40. The summed E-state index contributed by atoms with van der Waals surface area (Å²) in [6.45, 7) is 3.85. The summed E-state index contributed by atoms with van der Waals surface area (Å²) < 4.78 is 11.0. The fraction of sp³-hybridized carbons (Fsp3) is 0.350. The van der Waals surface area contributed by atoms with Gasteiger partial charge in [0.2, 0.25) is 0 Å². The van der Waals surface area contributed by atoms with E-state index in [1.807, 2.05) is 0 Å². The topological polar surface area (TPSA) is 50.8 Å². The zero-order valence-electron chi connectivity index (χ0n) is 14.2. The monoisotopic (exact) mass is 338 g/mol. The lowest BCUT2D eigenvalue weighted by Crippen LogP contribution is -2.23. The molecule has 0 aromatic heterocycles. The number of carbonyl (C=O) groups excluding carboxylic acids is 1. The highest BCUT2D eigenvalue weighted by Gasteiger charge is 2.15. The summed E-state index contributed by atoms with van der Waals surface area (Å²) in [6, 6.07) is 13.7. The van der Waals surface area contributed by atoms with Gasteiger partial charge < -0.3 is 19.7 Å². The Hall–Kier alpha value is -2.69. The molecule has 5 nitrogen and oxygen atoms in total. The fourth-order valence-electron chi connectivity index (χ4n) is 3.27. The largest absolute Gasteiger partial charge is 0.486 e. The third-order valence-corrected chi connectivity index (χ3v) is 4.66. The Morgan fingerprint density at radius 3 is 2.44 bits per heavy atom. The quantitative estimate of drug-likeness (QED) is 0.931. The zero-order chi connectivity index (χ0) is 17.1. The molecule has 130 valence electrons. The normalized spacial score (nSPS) is 15.9. The first-order valence-corrected chi connectivity index (χ1v) is 8.81. The van der Waals surface area contributed by atoms with Crippen molar-refractivity contribution in [3.63, 3.8) is 0 Å². The van der Waals surface area contributed by atoms with Gasteiger partial charge >= 0.3 is 0 Å². The molecule has 2 aromatic rings. The van der Waals surface area contributed by atoms with Gasteiger partial charge in [-0.25, -0.2) is 0 Å². The predicted octanol–water partition coefficient (Wildman–Crippen LogP) is 2.99. The van der Waals surface area contributed by atoms with E-state index >= 15 is 0 Å². The second kappa shape index (κ2) is 7.05. The van der Waals surface area contributed by atoms with Gasteiger partial charge in [0.25, 0.3) is 5.91 Å². The van der Waals surface area contributed by atoms with Crippen molar-refractivity contribution in [1.29, 1.82) is 0 Å². The summed E-state index contributed by atoms with van der Waals surface area (Å²) in [5.74, 6) is 1.22. The van der Waals surface area contributed by atoms with Crippen LogP contribution in [0, 0.1) is 0 Å². The predicted molar refractivity (Wildman–Crippen MR) is 96.5 cm³/mol. The lowest BCUT2D eigenvalue weighted by atomic mass is 10.1. The number of ether oxygens (including phenoxy) is 2. The third kappa shape index (κ3) is 3.55. The van der Waals surface area contributed by atoms with Crippen molar-refractivity contribution >= 4 is 11.6 Å². The highest BCUT2D eigenvalue weighted by Crippen LogP contribution is 2.30. The minimum atomic E-state index is -0.111. The van der Waals surface area contributed by atoms with Gasteiger partial charge in [-0.3, -0.25) is 4.79 Å². The maximum absolute atomic E-state index is 12.4. The van der Waals surface area contributed by atoms with Crippen LogP contribution >= 0.6 is 0 Å². The number of rotatable bonds is 4. The summed E-state index contributed by atoms with van der Waals surface area (Å²) >= 11 is 0. The van der Waals surface area contributed by atoms with Crippen LogP contribution in [-0.4, -0.2) is 32.2 Å². The molecule has 25 heavy (non-hydrogen) atoms. The Bertz CT molecular complexity index is 752. The van der Waals surface area contributed by atoms with E-state index in [4.69, 9.17) is 9.47 Å². The molecule has 0 radical (unpaired) electrons. The van der Waals surface area contributed by atoms with Crippen molar-refractivity contribution in [1.82, 2.24) is 5.32 Å². The fourth-order valence-corrected chi connectivity index (χ4v) is 3.27. The molecular weight excluding hydrogens is 316 g/mol. The first-order chi connectivity index (χ1) is 12.3. The van der Waals surface area contributed by atoms with Crippen LogP contribution < -0.4 is 19.7 Å². The lowest BCUT2D eigenvalue weighted by Gasteiger charge is -2.19. The Balaban J connectivity index is 1.36. The summed E-state index contributed by atoms with van der Waals surface area (Å²) in [4.78, 5) is 14.8. The number of benzene rings is 2. The summed E-state index contributed by atoms with van der Waals surface area (Å²) in [7, 11) is 0. The van der Waals surface area contributed by atoms with Crippen molar-refractivity contribution in [2.24, 2.45) is 0 Å². The molecule has 1 N–H and O–H groups in total. The van der Waals surface area contributed by atoms with Gasteiger partial charge in [-0.2, -0.15) is 0 Å². The van der Waals surface area contributed by atoms with E-state index in [-0.39, 0.29) is 5.91 Å². The highest BCUT2D eigenvalue weighted by atomic mass is 16.6. The van der Waals surface area contributed by atoms with E-state index in [1.54, 1.807) is 18.2 Å². The van der Waals surface area contributed by atoms with Crippen molar-refractivity contribution in [2.75, 3.05) is 31.2 Å². The Morgan fingerprint density at radius 1 is 0.960 bits per heavy atom. The van der Waals surface area contributed by atoms with Gasteiger partial charge in [-0.1, -0.05) is 12.1 Å². The molecule has 0 atom stereocenters. The Kier molecular flexibility index (Phi) is 4.46. The Labute approximate surface area is 147 Å². The molecule has 0 saturated carbocycles. The summed E-state index contributed by atoms with van der Waals surface area (Å²) in [5.41, 5.74) is 2.94. The van der Waals surface area contributed by atoms with Crippen molar-refractivity contribution < 1.29 is 14.3 Å². The van der Waals surface area contributed by atoms with Gasteiger partial charge in [0, 0.05) is 30.9 Å². The minimum Gasteiger partial charge on any atom is -0.486 e. The van der Waals surface area contributed by atoms with Gasteiger partial charge in [0.15, 0.2) is 11.5 Å². The molecule has 1 saturated heterocycles. The number of carbonyl (C=O) groups is 1. The number of nitrogens with zero attached hydrogens (tertiary/aromatic N) is 1. The van der Waals surface area contributed by atoms with Crippen molar-refractivity contribution in [2.45, 2.75) is 19.4 Å². The van der Waals surface area contributed by atoms with Crippen LogP contribution in [0.4, 0.5) is 5.69 Å². The molecule has 1 amide bonds. The van der Waals surface area contributed by atoms with Crippen LogP contribution in [0.2, 0.25) is 0 Å². The molecule has 0 unspecified atom stereocenters. The average Bonchev–Trinajstić information content (AvgIpc) is 3.21. The molecule has 2 aromatic carbocycles. The molecule has 4 rings (SSSR count). The molecular formula is C20H22N2O3. The number of hydrogen-bond donors (Lipinski definition) is 1. The molecule has 1 fully saturated rings. The molecule has 2 aliphatic heterocycles. The van der Waals surface area contributed by atoms with Crippen LogP contribution in [0.15, 0.2) is 42.5 Å². The Morgan fingerprint density at radius 2 is 1.68 bits per heavy atom. The number of amides is 1. The van der Waals surface area contributed by atoms with Crippen LogP contribution in [0.25, 0.3) is 0 Å². The summed E-state index contributed by atoms with van der Waals surface area (Å²) in [6.07, 6.45) is 2.54. The van der Waals surface area contributed by atoms with Gasteiger partial charge in [-0.15, -0.1) is 0 Å². The van der Waals surface area contributed by atoms with Crippen LogP contribution in [0.1, 0.15) is 28.8 Å². The first-order valence-electron chi connectivity index (χ1n) is 8.81. The second-order valence-corrected chi connectivity index (χ2v) is 6.40. The first kappa shape index (κ1) is 15.8. The van der Waals surface area contributed by atoms with E-state index in [9.17, 15) is 4.79 Å². The standard InChI is InChI=1S/C20H22N2O3/c23-20(16-5-8-18-19(13-16)25-12-11-24-18)21-14-15-3-6-17(7-4-15)22-9-1-2-10-22/h3-8,13H,1-2,9-12,14H2,(H,21,23). The van der Waals surface area contributed by atoms with E-state index in [1.165, 1.54) is 18.5 Å². The zero-order valence-corrected chi connectivity index (χ0v) is 14.2. The smallest absolute Gasteiger partial charge is 0.251 e. The van der Waals surface area contributed by atoms with Crippen molar-refractivity contribution in [3.8, 4) is 11.5 Å². The van der Waals surface area contributed by atoms with Crippen molar-refractivity contribution in [3.05, 3.63) is 53.6 Å². The van der Waals surface area contributed by atoms with E-state index < -0.39 is 0 Å².